The van der Waals surface area contributed by atoms with Crippen molar-refractivity contribution in [3.8, 4) is 0 Å². The summed E-state index contributed by atoms with van der Waals surface area (Å²) in [6.45, 7) is 4.60. The van der Waals surface area contributed by atoms with Crippen LogP contribution in [0.1, 0.15) is 25.0 Å². The van der Waals surface area contributed by atoms with Crippen LogP contribution in [-0.2, 0) is 5.41 Å². The minimum Gasteiger partial charge on any atom is -0.454 e. The summed E-state index contributed by atoms with van der Waals surface area (Å²) in [7, 11) is 2.14. The van der Waals surface area contributed by atoms with Crippen LogP contribution in [0.2, 0.25) is 0 Å². The second-order valence-corrected chi connectivity index (χ2v) is 7.14. The number of furan rings is 1. The van der Waals surface area contributed by atoms with Gasteiger partial charge in [-0.3, -0.25) is 0 Å². The van der Waals surface area contributed by atoms with Crippen molar-refractivity contribution in [3.63, 3.8) is 0 Å². The van der Waals surface area contributed by atoms with Gasteiger partial charge in [-0.1, -0.05) is 62.4 Å². The fourth-order valence-corrected chi connectivity index (χ4v) is 4.17. The number of hydrogen-bond acceptors (Lipinski definition) is 2. The van der Waals surface area contributed by atoms with E-state index >= 15 is 0 Å². The van der Waals surface area contributed by atoms with Crippen molar-refractivity contribution in [3.05, 3.63) is 71.8 Å². The first-order valence-electron chi connectivity index (χ1n) is 8.37. The largest absolute Gasteiger partial charge is 0.454 e. The molecule has 0 N–H and O–H groups in total. The molecule has 2 heteroatoms. The van der Waals surface area contributed by atoms with Crippen LogP contribution in [0.15, 0.2) is 65.1 Å². The van der Waals surface area contributed by atoms with Crippen LogP contribution in [0, 0.1) is 0 Å². The van der Waals surface area contributed by atoms with E-state index in [1.165, 1.54) is 33.3 Å². The lowest BCUT2D eigenvalue weighted by Gasteiger charge is -2.40. The molecule has 0 radical (unpaired) electrons. The average molecular weight is 313 g/mol. The lowest BCUT2D eigenvalue weighted by atomic mass is 9.73. The summed E-state index contributed by atoms with van der Waals surface area (Å²) >= 11 is 0. The van der Waals surface area contributed by atoms with Crippen LogP contribution in [0.4, 0.5) is 11.4 Å². The lowest BCUT2D eigenvalue weighted by molar-refractivity contribution is 0.621. The standard InChI is InChI=1S/C22H19NO/c1-22(2)16-9-5-6-10-18(16)23(3)20-17(22)13-12-15-14-8-4-7-11-19(14)24-21(15)20/h4-13H,1-3H3. The van der Waals surface area contributed by atoms with Gasteiger partial charge in [-0.25, -0.2) is 0 Å². The fourth-order valence-electron chi connectivity index (χ4n) is 4.17. The molecule has 0 aliphatic carbocycles. The highest BCUT2D eigenvalue weighted by atomic mass is 16.3. The van der Waals surface area contributed by atoms with Crippen molar-refractivity contribution in [1.29, 1.82) is 0 Å². The van der Waals surface area contributed by atoms with Crippen molar-refractivity contribution in [1.82, 2.24) is 0 Å². The number of rotatable bonds is 0. The van der Waals surface area contributed by atoms with E-state index in [9.17, 15) is 0 Å². The van der Waals surface area contributed by atoms with Crippen LogP contribution >= 0.6 is 0 Å². The molecule has 1 aromatic heterocycles. The van der Waals surface area contributed by atoms with Gasteiger partial charge in [-0.2, -0.15) is 0 Å². The number of fused-ring (bicyclic) bond motifs is 6. The van der Waals surface area contributed by atoms with Crippen LogP contribution in [0.3, 0.4) is 0 Å². The molecule has 2 nitrogen and oxygen atoms in total. The Morgan fingerprint density at radius 3 is 2.42 bits per heavy atom. The van der Waals surface area contributed by atoms with Crippen LogP contribution in [-0.4, -0.2) is 7.05 Å². The van der Waals surface area contributed by atoms with Gasteiger partial charge < -0.3 is 9.32 Å². The predicted octanol–water partition coefficient (Wildman–Crippen LogP) is 5.99. The van der Waals surface area contributed by atoms with E-state index in [1.54, 1.807) is 0 Å². The topological polar surface area (TPSA) is 16.4 Å². The maximum Gasteiger partial charge on any atom is 0.159 e. The fraction of sp³-hybridized carbons (Fsp3) is 0.182. The Morgan fingerprint density at radius 1 is 0.792 bits per heavy atom. The molecule has 0 saturated heterocycles. The average Bonchev–Trinajstić information content (AvgIpc) is 2.98. The minimum absolute atomic E-state index is 0.0500. The van der Waals surface area contributed by atoms with Gasteiger partial charge in [-0.15, -0.1) is 0 Å². The molecule has 1 aliphatic heterocycles. The third-order valence-electron chi connectivity index (χ3n) is 5.47. The van der Waals surface area contributed by atoms with Crippen LogP contribution < -0.4 is 4.90 Å². The van der Waals surface area contributed by atoms with Gasteiger partial charge in [0.15, 0.2) is 5.58 Å². The Bertz CT molecular complexity index is 1100. The first-order chi connectivity index (χ1) is 11.6. The van der Waals surface area contributed by atoms with Crippen LogP contribution in [0.5, 0.6) is 0 Å². The summed E-state index contributed by atoms with van der Waals surface area (Å²) in [5.41, 5.74) is 7.00. The second-order valence-electron chi connectivity index (χ2n) is 7.14. The summed E-state index contributed by atoms with van der Waals surface area (Å²) in [6.07, 6.45) is 0. The minimum atomic E-state index is -0.0500. The lowest BCUT2D eigenvalue weighted by Crippen LogP contribution is -2.30. The molecule has 0 saturated carbocycles. The molecular weight excluding hydrogens is 294 g/mol. The maximum absolute atomic E-state index is 6.29. The van der Waals surface area contributed by atoms with E-state index in [0.29, 0.717) is 0 Å². The van der Waals surface area contributed by atoms with Crippen molar-refractivity contribution in [2.45, 2.75) is 19.3 Å². The summed E-state index contributed by atoms with van der Waals surface area (Å²) in [4.78, 5) is 2.28. The highest BCUT2D eigenvalue weighted by molar-refractivity contribution is 6.10. The van der Waals surface area contributed by atoms with E-state index in [0.717, 1.165) is 11.2 Å². The van der Waals surface area contributed by atoms with Crippen LogP contribution in [0.25, 0.3) is 21.9 Å². The molecule has 2 heterocycles. The molecular formula is C22H19NO. The number of anilines is 2. The smallest absolute Gasteiger partial charge is 0.159 e. The second kappa shape index (κ2) is 4.41. The summed E-state index contributed by atoms with van der Waals surface area (Å²) in [6, 6.07) is 21.4. The van der Waals surface area contributed by atoms with Gasteiger partial charge in [0.25, 0.3) is 0 Å². The number of hydrogen-bond donors (Lipinski definition) is 0. The van der Waals surface area contributed by atoms with Crippen molar-refractivity contribution in [2.75, 3.05) is 11.9 Å². The van der Waals surface area contributed by atoms with Gasteiger partial charge in [0.1, 0.15) is 5.58 Å². The Kier molecular flexibility index (Phi) is 2.52. The van der Waals surface area contributed by atoms with Gasteiger partial charge in [-0.05, 0) is 23.3 Å². The molecule has 0 amide bonds. The Balaban J connectivity index is 1.93. The highest BCUT2D eigenvalue weighted by Crippen LogP contribution is 2.51. The Labute approximate surface area is 141 Å². The normalized spacial score (nSPS) is 15.5. The summed E-state index contributed by atoms with van der Waals surface area (Å²) in [5.74, 6) is 0. The first-order valence-corrected chi connectivity index (χ1v) is 8.37. The molecule has 5 rings (SSSR count). The zero-order valence-electron chi connectivity index (χ0n) is 14.1. The van der Waals surface area contributed by atoms with Crippen molar-refractivity contribution >= 4 is 33.3 Å². The van der Waals surface area contributed by atoms with Crippen molar-refractivity contribution < 1.29 is 4.42 Å². The predicted molar refractivity (Wildman–Crippen MR) is 100 cm³/mol. The van der Waals surface area contributed by atoms with E-state index in [4.69, 9.17) is 4.42 Å². The summed E-state index contributed by atoms with van der Waals surface area (Å²) in [5, 5.41) is 2.37. The first kappa shape index (κ1) is 13.7. The monoisotopic (exact) mass is 313 g/mol. The maximum atomic E-state index is 6.29. The summed E-state index contributed by atoms with van der Waals surface area (Å²) < 4.78 is 6.29. The molecule has 0 bridgehead atoms. The molecule has 0 spiro atoms. The quantitative estimate of drug-likeness (QED) is 0.396. The molecule has 118 valence electrons. The molecule has 24 heavy (non-hydrogen) atoms. The highest BCUT2D eigenvalue weighted by Gasteiger charge is 2.36. The van der Waals surface area contributed by atoms with Gasteiger partial charge in [0, 0.05) is 28.9 Å². The van der Waals surface area contributed by atoms with E-state index < -0.39 is 0 Å². The van der Waals surface area contributed by atoms with Gasteiger partial charge >= 0.3 is 0 Å². The molecule has 0 unspecified atom stereocenters. The zero-order chi connectivity index (χ0) is 16.5. The molecule has 0 atom stereocenters. The van der Waals surface area contributed by atoms with E-state index in [2.05, 4.69) is 74.3 Å². The zero-order valence-corrected chi connectivity index (χ0v) is 14.1. The Morgan fingerprint density at radius 2 is 1.54 bits per heavy atom. The SMILES string of the molecule is CN1c2ccccc2C(C)(C)c2ccc3c(oc4ccccc43)c21. The number of nitrogens with zero attached hydrogens (tertiary/aromatic N) is 1. The van der Waals surface area contributed by atoms with Crippen molar-refractivity contribution in [2.24, 2.45) is 0 Å². The number of benzene rings is 3. The van der Waals surface area contributed by atoms with E-state index in [-0.39, 0.29) is 5.41 Å². The third kappa shape index (κ3) is 1.56. The molecule has 1 aliphatic rings. The number of para-hydroxylation sites is 2. The van der Waals surface area contributed by atoms with Gasteiger partial charge in [0.05, 0.1) is 5.69 Å². The molecule has 4 aromatic rings. The molecule has 0 fully saturated rings. The van der Waals surface area contributed by atoms with Gasteiger partial charge in [0.2, 0.25) is 0 Å². The third-order valence-corrected chi connectivity index (χ3v) is 5.47. The van der Waals surface area contributed by atoms with E-state index in [1.807, 2.05) is 12.1 Å². The Hall–Kier alpha value is -2.74. The molecule has 3 aromatic carbocycles.